The quantitative estimate of drug-likeness (QED) is 0.520. The zero-order chi connectivity index (χ0) is 18.5. The molecule has 0 aliphatic heterocycles. The molecule has 0 aromatic heterocycles. The summed E-state index contributed by atoms with van der Waals surface area (Å²) < 4.78 is 0. The summed E-state index contributed by atoms with van der Waals surface area (Å²) in [4.78, 5) is 12.5. The molecule has 0 spiro atoms. The minimum absolute atomic E-state index is 0.223. The maximum absolute atomic E-state index is 12.5. The van der Waals surface area contributed by atoms with Gasteiger partial charge in [-0.1, -0.05) is 35.4 Å². The van der Waals surface area contributed by atoms with Crippen molar-refractivity contribution in [2.45, 2.75) is 13.8 Å². The first-order valence-corrected chi connectivity index (χ1v) is 8.55. The average molecular weight is 364 g/mol. The molecule has 1 N–H and O–H groups in total. The number of rotatable bonds is 4. The zero-order valence-electron chi connectivity index (χ0n) is 14.5. The van der Waals surface area contributed by atoms with E-state index in [1.807, 2.05) is 56.3 Å². The van der Waals surface area contributed by atoms with Gasteiger partial charge in [-0.05, 0) is 67.9 Å². The first kappa shape index (κ1) is 17.8. The van der Waals surface area contributed by atoms with Crippen molar-refractivity contribution >= 4 is 34.6 Å². The van der Waals surface area contributed by atoms with Crippen LogP contribution in [-0.2, 0) is 0 Å². The molecule has 0 aliphatic carbocycles. The second-order valence-electron chi connectivity index (χ2n) is 6.02. The number of hydrogen-bond acceptors (Lipinski definition) is 3. The second-order valence-corrected chi connectivity index (χ2v) is 6.45. The number of amides is 1. The minimum atomic E-state index is -0.223. The summed E-state index contributed by atoms with van der Waals surface area (Å²) in [6.07, 6.45) is 0. The van der Waals surface area contributed by atoms with Gasteiger partial charge in [0.25, 0.3) is 5.91 Å². The van der Waals surface area contributed by atoms with Crippen molar-refractivity contribution < 1.29 is 4.79 Å². The van der Waals surface area contributed by atoms with Crippen LogP contribution in [0, 0.1) is 13.8 Å². The van der Waals surface area contributed by atoms with Crippen LogP contribution in [0.4, 0.5) is 17.1 Å². The topological polar surface area (TPSA) is 53.8 Å². The number of benzene rings is 3. The molecular formula is C21H18ClN3O. The highest BCUT2D eigenvalue weighted by atomic mass is 35.5. The lowest BCUT2D eigenvalue weighted by molar-refractivity contribution is 0.102. The molecule has 4 nitrogen and oxygen atoms in total. The molecule has 0 saturated heterocycles. The molecule has 0 bridgehead atoms. The third kappa shape index (κ3) is 4.55. The number of halogens is 1. The number of azo groups is 1. The van der Waals surface area contributed by atoms with Crippen molar-refractivity contribution in [1.29, 1.82) is 0 Å². The molecule has 1 amide bonds. The van der Waals surface area contributed by atoms with Crippen LogP contribution in [0.25, 0.3) is 0 Å². The molecule has 26 heavy (non-hydrogen) atoms. The van der Waals surface area contributed by atoms with Crippen molar-refractivity contribution in [3.8, 4) is 0 Å². The van der Waals surface area contributed by atoms with Crippen LogP contribution in [0.15, 0.2) is 77.0 Å². The van der Waals surface area contributed by atoms with E-state index >= 15 is 0 Å². The molecule has 3 rings (SSSR count). The minimum Gasteiger partial charge on any atom is -0.320 e. The van der Waals surface area contributed by atoms with Crippen LogP contribution >= 0.6 is 11.6 Å². The van der Waals surface area contributed by atoms with Gasteiger partial charge in [-0.3, -0.25) is 4.79 Å². The van der Waals surface area contributed by atoms with Crippen molar-refractivity contribution in [3.63, 3.8) is 0 Å². The van der Waals surface area contributed by atoms with Crippen molar-refractivity contribution in [3.05, 3.63) is 88.4 Å². The predicted octanol–water partition coefficient (Wildman–Crippen LogP) is 6.62. The van der Waals surface area contributed by atoms with E-state index in [2.05, 4.69) is 15.5 Å². The van der Waals surface area contributed by atoms with E-state index in [9.17, 15) is 4.79 Å². The Labute approximate surface area is 157 Å². The lowest BCUT2D eigenvalue weighted by atomic mass is 10.1. The van der Waals surface area contributed by atoms with Gasteiger partial charge < -0.3 is 5.32 Å². The van der Waals surface area contributed by atoms with E-state index in [-0.39, 0.29) is 5.91 Å². The van der Waals surface area contributed by atoms with Crippen LogP contribution in [0.5, 0.6) is 0 Å². The fourth-order valence-corrected chi connectivity index (χ4v) is 2.48. The maximum atomic E-state index is 12.5. The third-order valence-electron chi connectivity index (χ3n) is 3.81. The van der Waals surface area contributed by atoms with Crippen LogP contribution < -0.4 is 5.32 Å². The Balaban J connectivity index is 1.84. The van der Waals surface area contributed by atoms with Crippen LogP contribution in [0.2, 0.25) is 5.02 Å². The lowest BCUT2D eigenvalue weighted by Gasteiger charge is -2.09. The summed E-state index contributed by atoms with van der Waals surface area (Å²) in [5, 5.41) is 12.0. The maximum Gasteiger partial charge on any atom is 0.255 e. The monoisotopic (exact) mass is 363 g/mol. The number of hydrogen-bond donors (Lipinski definition) is 1. The largest absolute Gasteiger partial charge is 0.320 e. The Bertz CT molecular complexity index is 948. The van der Waals surface area contributed by atoms with Gasteiger partial charge in [0.1, 0.15) is 5.69 Å². The summed E-state index contributed by atoms with van der Waals surface area (Å²) in [7, 11) is 0. The van der Waals surface area contributed by atoms with Crippen LogP contribution in [0.3, 0.4) is 0 Å². The molecule has 0 heterocycles. The fourth-order valence-electron chi connectivity index (χ4n) is 2.36. The number of aryl methyl sites for hydroxylation is 2. The third-order valence-corrected chi connectivity index (χ3v) is 4.07. The van der Waals surface area contributed by atoms with Gasteiger partial charge in [0.15, 0.2) is 0 Å². The summed E-state index contributed by atoms with van der Waals surface area (Å²) in [5.74, 6) is -0.223. The molecule has 0 fully saturated rings. The summed E-state index contributed by atoms with van der Waals surface area (Å²) >= 11 is 5.87. The molecular weight excluding hydrogens is 346 g/mol. The van der Waals surface area contributed by atoms with Gasteiger partial charge in [-0.2, -0.15) is 5.11 Å². The lowest BCUT2D eigenvalue weighted by Crippen LogP contribution is -2.11. The molecule has 3 aromatic carbocycles. The van der Waals surface area contributed by atoms with Gasteiger partial charge in [0.05, 0.1) is 11.4 Å². The van der Waals surface area contributed by atoms with E-state index in [0.29, 0.717) is 22.0 Å². The van der Waals surface area contributed by atoms with Gasteiger partial charge in [0.2, 0.25) is 0 Å². The molecule has 0 atom stereocenters. The standard InChI is InChI=1S/C21H18ClN3O/c1-14-3-10-18(11-4-14)24-25-19-12-5-15(2)13-20(19)23-21(26)16-6-8-17(22)9-7-16/h3-13H,1-2H3,(H,23,26). The van der Waals surface area contributed by atoms with Crippen molar-refractivity contribution in [2.75, 3.05) is 5.32 Å². The average Bonchev–Trinajstić information content (AvgIpc) is 2.63. The molecule has 3 aromatic rings. The number of carbonyl (C=O) groups is 1. The molecule has 0 radical (unpaired) electrons. The highest BCUT2D eigenvalue weighted by Gasteiger charge is 2.09. The van der Waals surface area contributed by atoms with Gasteiger partial charge in [-0.15, -0.1) is 5.11 Å². The Morgan fingerprint density at radius 2 is 1.50 bits per heavy atom. The second kappa shape index (κ2) is 7.93. The van der Waals surface area contributed by atoms with E-state index in [0.717, 1.165) is 16.8 Å². The van der Waals surface area contributed by atoms with E-state index in [4.69, 9.17) is 11.6 Å². The number of carbonyl (C=O) groups excluding carboxylic acids is 1. The molecule has 5 heteroatoms. The van der Waals surface area contributed by atoms with Crippen LogP contribution in [-0.4, -0.2) is 5.91 Å². The number of nitrogens with zero attached hydrogens (tertiary/aromatic N) is 2. The van der Waals surface area contributed by atoms with Gasteiger partial charge in [-0.25, -0.2) is 0 Å². The summed E-state index contributed by atoms with van der Waals surface area (Å²) in [6, 6.07) is 20.1. The van der Waals surface area contributed by atoms with E-state index < -0.39 is 0 Å². The normalized spacial score (nSPS) is 10.9. The molecule has 130 valence electrons. The summed E-state index contributed by atoms with van der Waals surface area (Å²) in [5.41, 5.74) is 4.67. The van der Waals surface area contributed by atoms with Gasteiger partial charge >= 0.3 is 0 Å². The zero-order valence-corrected chi connectivity index (χ0v) is 15.3. The first-order chi connectivity index (χ1) is 12.5. The predicted molar refractivity (Wildman–Crippen MR) is 106 cm³/mol. The molecule has 0 aliphatic rings. The Morgan fingerprint density at radius 3 is 2.19 bits per heavy atom. The van der Waals surface area contributed by atoms with Crippen molar-refractivity contribution in [2.24, 2.45) is 10.2 Å². The van der Waals surface area contributed by atoms with Gasteiger partial charge in [0, 0.05) is 10.6 Å². The highest BCUT2D eigenvalue weighted by Crippen LogP contribution is 2.28. The highest BCUT2D eigenvalue weighted by molar-refractivity contribution is 6.30. The van der Waals surface area contributed by atoms with Crippen LogP contribution in [0.1, 0.15) is 21.5 Å². The smallest absolute Gasteiger partial charge is 0.255 e. The first-order valence-electron chi connectivity index (χ1n) is 8.17. The van der Waals surface area contributed by atoms with Crippen molar-refractivity contribution in [1.82, 2.24) is 0 Å². The fraction of sp³-hybridized carbons (Fsp3) is 0.0952. The number of anilines is 1. The molecule has 0 unspecified atom stereocenters. The van der Waals surface area contributed by atoms with E-state index in [1.54, 1.807) is 24.3 Å². The summed E-state index contributed by atoms with van der Waals surface area (Å²) in [6.45, 7) is 3.98. The Morgan fingerprint density at radius 1 is 0.846 bits per heavy atom. The Kier molecular flexibility index (Phi) is 5.44. The van der Waals surface area contributed by atoms with E-state index in [1.165, 1.54) is 0 Å². The SMILES string of the molecule is Cc1ccc(N=Nc2ccc(C)cc2NC(=O)c2ccc(Cl)cc2)cc1. The molecule has 0 saturated carbocycles. The number of nitrogens with one attached hydrogen (secondary N) is 1. The Hall–Kier alpha value is -2.98.